The first-order valence-electron chi connectivity index (χ1n) is 5.90. The number of hydrogen-bond acceptors (Lipinski definition) is 4. The van der Waals surface area contributed by atoms with E-state index in [9.17, 15) is 9.90 Å². The lowest BCUT2D eigenvalue weighted by Gasteiger charge is -2.34. The normalized spacial score (nSPS) is 28.9. The molecule has 0 aromatic carbocycles. The van der Waals surface area contributed by atoms with Crippen molar-refractivity contribution in [2.45, 2.75) is 31.3 Å². The van der Waals surface area contributed by atoms with Crippen molar-refractivity contribution in [2.75, 3.05) is 11.9 Å². The Morgan fingerprint density at radius 2 is 2.29 bits per heavy atom. The van der Waals surface area contributed by atoms with Gasteiger partial charge in [-0.05, 0) is 43.2 Å². The third-order valence-electron chi connectivity index (χ3n) is 3.43. The van der Waals surface area contributed by atoms with Gasteiger partial charge in [-0.25, -0.2) is 0 Å². The Balaban J connectivity index is 1.86. The van der Waals surface area contributed by atoms with Crippen molar-refractivity contribution >= 4 is 22.2 Å². The van der Waals surface area contributed by atoms with Crippen LogP contribution in [0.15, 0.2) is 17.5 Å². The number of carbonyl (C=O) groups excluding carboxylic acids is 1. The molecule has 1 aliphatic carbocycles. The van der Waals surface area contributed by atoms with Crippen LogP contribution >= 0.6 is 11.3 Å². The zero-order valence-electron chi connectivity index (χ0n) is 9.69. The van der Waals surface area contributed by atoms with Gasteiger partial charge in [0.2, 0.25) is 5.91 Å². The second kappa shape index (κ2) is 5.16. The molecule has 0 radical (unpaired) electrons. The molecule has 17 heavy (non-hydrogen) atoms. The number of anilines is 1. The summed E-state index contributed by atoms with van der Waals surface area (Å²) in [6, 6.07) is 3.80. The molecule has 0 unspecified atom stereocenters. The average Bonchev–Trinajstić information content (AvgIpc) is 2.83. The molecule has 1 saturated carbocycles. The van der Waals surface area contributed by atoms with Gasteiger partial charge in [0.15, 0.2) is 0 Å². The van der Waals surface area contributed by atoms with Crippen molar-refractivity contribution in [3.8, 4) is 0 Å². The highest BCUT2D eigenvalue weighted by molar-refractivity contribution is 7.14. The highest BCUT2D eigenvalue weighted by atomic mass is 32.1. The minimum absolute atomic E-state index is 0.00363. The van der Waals surface area contributed by atoms with Gasteiger partial charge in [0.1, 0.15) is 0 Å². The standard InChI is InChI=1S/C12H18N2O2S/c13-8-12(16)5-3-9(4-6-12)11(15)14-10-2-1-7-17-10/h1-2,7,9,16H,3-6,8,13H2,(H,14,15). The van der Waals surface area contributed by atoms with E-state index < -0.39 is 5.60 Å². The molecule has 1 aromatic rings. The minimum Gasteiger partial charge on any atom is -0.389 e. The number of amides is 1. The predicted molar refractivity (Wildman–Crippen MR) is 68.9 cm³/mol. The summed E-state index contributed by atoms with van der Waals surface area (Å²) in [5.41, 5.74) is 4.77. The summed E-state index contributed by atoms with van der Waals surface area (Å²) in [4.78, 5) is 11.9. The smallest absolute Gasteiger partial charge is 0.228 e. The highest BCUT2D eigenvalue weighted by Gasteiger charge is 2.34. The van der Waals surface area contributed by atoms with Crippen LogP contribution in [0.25, 0.3) is 0 Å². The van der Waals surface area contributed by atoms with Crippen LogP contribution in [-0.4, -0.2) is 23.2 Å². The van der Waals surface area contributed by atoms with Crippen LogP contribution in [0.3, 0.4) is 0 Å². The molecule has 2 rings (SSSR count). The molecule has 1 fully saturated rings. The lowest BCUT2D eigenvalue weighted by Crippen LogP contribution is -2.43. The minimum atomic E-state index is -0.750. The molecule has 0 aliphatic heterocycles. The van der Waals surface area contributed by atoms with Gasteiger partial charge in [-0.1, -0.05) is 0 Å². The molecule has 94 valence electrons. The molecule has 1 aliphatic rings. The third kappa shape index (κ3) is 3.06. The van der Waals surface area contributed by atoms with Gasteiger partial charge < -0.3 is 16.2 Å². The van der Waals surface area contributed by atoms with E-state index in [1.54, 1.807) is 0 Å². The Morgan fingerprint density at radius 1 is 1.59 bits per heavy atom. The van der Waals surface area contributed by atoms with Crippen molar-refractivity contribution in [3.63, 3.8) is 0 Å². The first kappa shape index (κ1) is 12.5. The topological polar surface area (TPSA) is 75.3 Å². The molecular weight excluding hydrogens is 236 g/mol. The number of thiophene rings is 1. The van der Waals surface area contributed by atoms with Crippen molar-refractivity contribution in [3.05, 3.63) is 17.5 Å². The second-order valence-corrected chi connectivity index (χ2v) is 5.62. The lowest BCUT2D eigenvalue weighted by molar-refractivity contribution is -0.122. The van der Waals surface area contributed by atoms with Crippen LogP contribution < -0.4 is 11.1 Å². The monoisotopic (exact) mass is 254 g/mol. The van der Waals surface area contributed by atoms with Gasteiger partial charge >= 0.3 is 0 Å². The van der Waals surface area contributed by atoms with Crippen molar-refractivity contribution < 1.29 is 9.90 Å². The van der Waals surface area contributed by atoms with Crippen LogP contribution in [0.1, 0.15) is 25.7 Å². The second-order valence-electron chi connectivity index (χ2n) is 4.67. The Bertz CT molecular complexity index is 370. The Hall–Kier alpha value is -0.910. The summed E-state index contributed by atoms with van der Waals surface area (Å²) in [5.74, 6) is 0.0652. The maximum Gasteiger partial charge on any atom is 0.228 e. The van der Waals surface area contributed by atoms with E-state index >= 15 is 0 Å². The van der Waals surface area contributed by atoms with Gasteiger partial charge in [0.05, 0.1) is 10.6 Å². The lowest BCUT2D eigenvalue weighted by atomic mass is 9.78. The summed E-state index contributed by atoms with van der Waals surface area (Å²) >= 11 is 1.52. The first-order chi connectivity index (χ1) is 8.13. The van der Waals surface area contributed by atoms with E-state index in [2.05, 4.69) is 5.32 Å². The summed E-state index contributed by atoms with van der Waals surface area (Å²) < 4.78 is 0. The average molecular weight is 254 g/mol. The van der Waals surface area contributed by atoms with Crippen molar-refractivity contribution in [1.29, 1.82) is 0 Å². The van der Waals surface area contributed by atoms with Gasteiger partial charge in [-0.15, -0.1) is 11.3 Å². The van der Waals surface area contributed by atoms with Gasteiger partial charge in [0.25, 0.3) is 0 Å². The summed E-state index contributed by atoms with van der Waals surface area (Å²) in [5, 5.41) is 15.7. The number of carbonyl (C=O) groups is 1. The molecule has 4 N–H and O–H groups in total. The first-order valence-corrected chi connectivity index (χ1v) is 6.78. The molecule has 1 aromatic heterocycles. The van der Waals surface area contributed by atoms with Gasteiger partial charge in [-0.3, -0.25) is 4.79 Å². The Labute approximate surface area is 105 Å². The fourth-order valence-electron chi connectivity index (χ4n) is 2.19. The molecule has 5 heteroatoms. The zero-order chi connectivity index (χ0) is 12.3. The SMILES string of the molecule is NCC1(O)CCC(C(=O)Nc2cccs2)CC1. The number of hydrogen-bond donors (Lipinski definition) is 3. The van der Waals surface area contributed by atoms with Gasteiger partial charge in [0, 0.05) is 12.5 Å². The van der Waals surface area contributed by atoms with Crippen molar-refractivity contribution in [2.24, 2.45) is 11.7 Å². The predicted octanol–water partition coefficient (Wildman–Crippen LogP) is 1.57. The maximum absolute atomic E-state index is 11.9. The Morgan fingerprint density at radius 3 is 2.82 bits per heavy atom. The summed E-state index contributed by atoms with van der Waals surface area (Å²) in [7, 11) is 0. The number of nitrogens with two attached hydrogens (primary N) is 1. The van der Waals surface area contributed by atoms with E-state index in [0.717, 1.165) is 5.00 Å². The fourth-order valence-corrected chi connectivity index (χ4v) is 2.82. The van der Waals surface area contributed by atoms with Crippen LogP contribution in [-0.2, 0) is 4.79 Å². The van der Waals surface area contributed by atoms with Crippen LogP contribution in [0.4, 0.5) is 5.00 Å². The third-order valence-corrected chi connectivity index (χ3v) is 4.22. The fraction of sp³-hybridized carbons (Fsp3) is 0.583. The van der Waals surface area contributed by atoms with E-state index in [1.807, 2.05) is 17.5 Å². The molecule has 1 amide bonds. The molecule has 4 nitrogen and oxygen atoms in total. The zero-order valence-corrected chi connectivity index (χ0v) is 10.5. The number of aliphatic hydroxyl groups is 1. The quantitative estimate of drug-likeness (QED) is 0.766. The molecular formula is C12H18N2O2S. The van der Waals surface area contributed by atoms with E-state index in [4.69, 9.17) is 5.73 Å². The van der Waals surface area contributed by atoms with Crippen molar-refractivity contribution in [1.82, 2.24) is 0 Å². The molecule has 0 atom stereocenters. The molecule has 0 spiro atoms. The number of rotatable bonds is 3. The van der Waals surface area contributed by atoms with E-state index in [1.165, 1.54) is 11.3 Å². The largest absolute Gasteiger partial charge is 0.389 e. The molecule has 1 heterocycles. The molecule has 0 bridgehead atoms. The van der Waals surface area contributed by atoms with E-state index in [-0.39, 0.29) is 18.4 Å². The maximum atomic E-state index is 11.9. The Kier molecular flexibility index (Phi) is 3.81. The van der Waals surface area contributed by atoms with Crippen LogP contribution in [0, 0.1) is 5.92 Å². The van der Waals surface area contributed by atoms with Gasteiger partial charge in [-0.2, -0.15) is 0 Å². The van der Waals surface area contributed by atoms with Crippen LogP contribution in [0.5, 0.6) is 0 Å². The van der Waals surface area contributed by atoms with E-state index in [0.29, 0.717) is 25.7 Å². The summed E-state index contributed by atoms with van der Waals surface area (Å²) in [6.45, 7) is 0.284. The number of nitrogens with one attached hydrogen (secondary N) is 1. The summed E-state index contributed by atoms with van der Waals surface area (Å²) in [6.07, 6.45) is 2.66. The highest BCUT2D eigenvalue weighted by Crippen LogP contribution is 2.32. The molecule has 0 saturated heterocycles. The van der Waals surface area contributed by atoms with Crippen LogP contribution in [0.2, 0.25) is 0 Å².